The van der Waals surface area contributed by atoms with Crippen molar-refractivity contribution in [3.8, 4) is 0 Å². The molecule has 0 aliphatic rings. The maximum absolute atomic E-state index is 12.5. The number of nitrogens with one attached hydrogen (secondary N) is 2. The van der Waals surface area contributed by atoms with Crippen molar-refractivity contribution in [3.63, 3.8) is 0 Å². The average molecular weight is 381 g/mol. The molecule has 134 valence electrons. The fourth-order valence-electron chi connectivity index (χ4n) is 2.23. The van der Waals surface area contributed by atoms with Crippen LogP contribution in [-0.4, -0.2) is 20.9 Å². The van der Waals surface area contributed by atoms with Gasteiger partial charge >= 0.3 is 0 Å². The minimum absolute atomic E-state index is 0.00799. The molecule has 2 N–H and O–H groups in total. The van der Waals surface area contributed by atoms with Crippen LogP contribution in [0.5, 0.6) is 0 Å². The maximum Gasteiger partial charge on any atom is 0.261 e. The van der Waals surface area contributed by atoms with Crippen LogP contribution in [0.15, 0.2) is 53.4 Å². The van der Waals surface area contributed by atoms with Gasteiger partial charge in [0, 0.05) is 12.1 Å². The van der Waals surface area contributed by atoms with E-state index < -0.39 is 10.0 Å². The van der Waals surface area contributed by atoms with E-state index in [1.165, 1.54) is 12.1 Å². The van der Waals surface area contributed by atoms with Crippen LogP contribution in [-0.2, 0) is 10.0 Å². The lowest BCUT2D eigenvalue weighted by Crippen LogP contribution is -2.24. The van der Waals surface area contributed by atoms with Gasteiger partial charge in [0.1, 0.15) is 0 Å². The van der Waals surface area contributed by atoms with Crippen LogP contribution in [0.2, 0.25) is 5.02 Å². The first kappa shape index (κ1) is 19.3. The van der Waals surface area contributed by atoms with Crippen LogP contribution in [0.3, 0.4) is 0 Å². The molecule has 0 radical (unpaired) electrons. The number of rotatable bonds is 8. The zero-order chi connectivity index (χ0) is 18.3. The molecule has 0 atom stereocenters. The Balaban J connectivity index is 2.14. The second kappa shape index (κ2) is 8.87. The molecular weight excluding hydrogens is 360 g/mol. The lowest BCUT2D eigenvalue weighted by atomic mass is 10.2. The molecule has 0 spiro atoms. The highest BCUT2D eigenvalue weighted by Crippen LogP contribution is 2.24. The largest absolute Gasteiger partial charge is 0.352 e. The number of carbonyl (C=O) groups excluding carboxylic acids is 1. The summed E-state index contributed by atoms with van der Waals surface area (Å²) in [4.78, 5) is 12.2. The highest BCUT2D eigenvalue weighted by Gasteiger charge is 2.17. The van der Waals surface area contributed by atoms with Crippen molar-refractivity contribution in [2.24, 2.45) is 0 Å². The summed E-state index contributed by atoms with van der Waals surface area (Å²) in [6.45, 7) is 2.66. The summed E-state index contributed by atoms with van der Waals surface area (Å²) in [6, 6.07) is 12.5. The van der Waals surface area contributed by atoms with E-state index in [9.17, 15) is 13.2 Å². The van der Waals surface area contributed by atoms with Gasteiger partial charge < -0.3 is 5.32 Å². The minimum Gasteiger partial charge on any atom is -0.352 e. The van der Waals surface area contributed by atoms with Gasteiger partial charge in [0.15, 0.2) is 0 Å². The second-order valence-electron chi connectivity index (χ2n) is 5.58. The normalized spacial score (nSPS) is 11.1. The van der Waals surface area contributed by atoms with Crippen LogP contribution in [0.4, 0.5) is 5.69 Å². The number of halogens is 1. The predicted molar refractivity (Wildman–Crippen MR) is 101 cm³/mol. The zero-order valence-corrected chi connectivity index (χ0v) is 15.5. The Morgan fingerprint density at radius 1 is 1.08 bits per heavy atom. The van der Waals surface area contributed by atoms with E-state index in [1.54, 1.807) is 36.4 Å². The number of sulfonamides is 1. The summed E-state index contributed by atoms with van der Waals surface area (Å²) in [7, 11) is -3.84. The number of carbonyl (C=O) groups is 1. The first-order valence-corrected chi connectivity index (χ1v) is 9.96. The zero-order valence-electron chi connectivity index (χ0n) is 14.0. The Morgan fingerprint density at radius 2 is 1.84 bits per heavy atom. The average Bonchev–Trinajstić information content (AvgIpc) is 2.60. The third-order valence-electron chi connectivity index (χ3n) is 3.59. The van der Waals surface area contributed by atoms with Gasteiger partial charge in [-0.15, -0.1) is 0 Å². The number of benzene rings is 2. The Bertz CT molecular complexity index is 838. The summed E-state index contributed by atoms with van der Waals surface area (Å²) in [5.74, 6) is -0.286. The Labute approximate surface area is 153 Å². The highest BCUT2D eigenvalue weighted by molar-refractivity contribution is 7.92. The van der Waals surface area contributed by atoms with E-state index in [0.717, 1.165) is 19.3 Å². The summed E-state index contributed by atoms with van der Waals surface area (Å²) >= 11 is 5.99. The Kier molecular flexibility index (Phi) is 6.84. The van der Waals surface area contributed by atoms with Gasteiger partial charge in [-0.3, -0.25) is 9.52 Å². The Morgan fingerprint density at radius 3 is 2.56 bits per heavy atom. The highest BCUT2D eigenvalue weighted by atomic mass is 35.5. The van der Waals surface area contributed by atoms with E-state index in [0.29, 0.717) is 22.8 Å². The number of anilines is 1. The van der Waals surface area contributed by atoms with Crippen molar-refractivity contribution in [1.82, 2.24) is 5.32 Å². The molecule has 2 aromatic rings. The maximum atomic E-state index is 12.5. The molecule has 0 aromatic heterocycles. The molecule has 0 unspecified atom stereocenters. The topological polar surface area (TPSA) is 75.3 Å². The van der Waals surface area contributed by atoms with E-state index in [1.807, 2.05) is 0 Å². The lowest BCUT2D eigenvalue weighted by Gasteiger charge is -2.11. The number of hydrogen-bond acceptors (Lipinski definition) is 3. The molecule has 0 bridgehead atoms. The van der Waals surface area contributed by atoms with Crippen molar-refractivity contribution in [3.05, 3.63) is 59.1 Å². The van der Waals surface area contributed by atoms with Crippen molar-refractivity contribution in [2.75, 3.05) is 11.3 Å². The van der Waals surface area contributed by atoms with Gasteiger partial charge in [0.05, 0.1) is 15.6 Å². The SMILES string of the molecule is CCCCCNC(=O)c1cccc(S(=O)(=O)Nc2ccccc2Cl)c1. The standard InChI is InChI=1S/C18H21ClN2O3S/c1-2-3-6-12-20-18(22)14-8-7-9-15(13-14)25(23,24)21-17-11-5-4-10-16(17)19/h4-5,7-11,13,21H,2-3,6,12H2,1H3,(H,20,22). The number of unbranched alkanes of at least 4 members (excludes halogenated alkanes) is 2. The van der Waals surface area contributed by atoms with Gasteiger partial charge in [0.25, 0.3) is 15.9 Å². The van der Waals surface area contributed by atoms with Gasteiger partial charge in [0.2, 0.25) is 0 Å². The van der Waals surface area contributed by atoms with Gasteiger partial charge in [-0.1, -0.05) is 49.6 Å². The second-order valence-corrected chi connectivity index (χ2v) is 7.67. The van der Waals surface area contributed by atoms with E-state index >= 15 is 0 Å². The summed E-state index contributed by atoms with van der Waals surface area (Å²) in [6.07, 6.45) is 3.00. The molecule has 0 saturated carbocycles. The third kappa shape index (κ3) is 5.47. The molecule has 2 rings (SSSR count). The first-order chi connectivity index (χ1) is 11.9. The van der Waals surface area contributed by atoms with Crippen LogP contribution in [0.1, 0.15) is 36.5 Å². The smallest absolute Gasteiger partial charge is 0.261 e. The summed E-state index contributed by atoms with van der Waals surface area (Å²) < 4.78 is 27.5. The third-order valence-corrected chi connectivity index (χ3v) is 5.28. The number of para-hydroxylation sites is 1. The minimum atomic E-state index is -3.84. The summed E-state index contributed by atoms with van der Waals surface area (Å²) in [5, 5.41) is 3.10. The van der Waals surface area contributed by atoms with Crippen molar-refractivity contribution >= 4 is 33.2 Å². The van der Waals surface area contributed by atoms with Crippen LogP contribution in [0, 0.1) is 0 Å². The molecule has 5 nitrogen and oxygen atoms in total. The molecular formula is C18H21ClN2O3S. The Hall–Kier alpha value is -2.05. The molecule has 7 heteroatoms. The lowest BCUT2D eigenvalue weighted by molar-refractivity contribution is 0.0952. The van der Waals surface area contributed by atoms with Crippen LogP contribution < -0.4 is 10.0 Å². The van der Waals surface area contributed by atoms with Gasteiger partial charge in [-0.2, -0.15) is 0 Å². The van der Waals surface area contributed by atoms with Crippen LogP contribution in [0.25, 0.3) is 0 Å². The van der Waals surface area contributed by atoms with Crippen molar-refractivity contribution in [2.45, 2.75) is 31.1 Å². The monoisotopic (exact) mass is 380 g/mol. The number of amides is 1. The molecule has 1 amide bonds. The van der Waals surface area contributed by atoms with Crippen molar-refractivity contribution in [1.29, 1.82) is 0 Å². The first-order valence-electron chi connectivity index (χ1n) is 8.09. The number of hydrogen-bond donors (Lipinski definition) is 2. The van der Waals surface area contributed by atoms with Crippen molar-refractivity contribution < 1.29 is 13.2 Å². The molecule has 0 saturated heterocycles. The molecule has 0 heterocycles. The quantitative estimate of drug-likeness (QED) is 0.678. The molecule has 2 aromatic carbocycles. The predicted octanol–water partition coefficient (Wildman–Crippen LogP) is 4.06. The fraction of sp³-hybridized carbons (Fsp3) is 0.278. The molecule has 0 fully saturated rings. The van der Waals surface area contributed by atoms with E-state index in [2.05, 4.69) is 17.0 Å². The van der Waals surface area contributed by atoms with Crippen LogP contribution >= 0.6 is 11.6 Å². The van der Waals surface area contributed by atoms with Gasteiger partial charge in [-0.25, -0.2) is 8.42 Å². The van der Waals surface area contributed by atoms with Gasteiger partial charge in [-0.05, 0) is 36.8 Å². The summed E-state index contributed by atoms with van der Waals surface area (Å²) in [5.41, 5.74) is 0.595. The fourth-order valence-corrected chi connectivity index (χ4v) is 3.60. The molecule has 25 heavy (non-hydrogen) atoms. The van der Waals surface area contributed by atoms with E-state index in [4.69, 9.17) is 11.6 Å². The molecule has 0 aliphatic heterocycles. The van der Waals surface area contributed by atoms with E-state index in [-0.39, 0.29) is 10.8 Å². The molecule has 0 aliphatic carbocycles.